The number of pyridine rings is 1. The highest BCUT2D eigenvalue weighted by Crippen LogP contribution is 2.69. The van der Waals surface area contributed by atoms with E-state index in [1.165, 1.54) is 18.2 Å². The lowest BCUT2D eigenvalue weighted by atomic mass is 9.66. The van der Waals surface area contributed by atoms with Crippen molar-refractivity contribution in [3.8, 4) is 22.8 Å². The molecule has 6 rings (SSSR count). The van der Waals surface area contributed by atoms with Gasteiger partial charge in [-0.1, -0.05) is 32.9 Å². The minimum absolute atomic E-state index is 0.0151. The third kappa shape index (κ3) is 3.51. The average molecular weight is 537 g/mol. The number of rotatable bonds is 6. The molecule has 0 unspecified atom stereocenters. The molecule has 1 N–H and O–H groups in total. The molecule has 8 nitrogen and oxygen atoms in total. The Kier molecular flexibility index (Phi) is 5.50. The van der Waals surface area contributed by atoms with Gasteiger partial charge >= 0.3 is 0 Å². The summed E-state index contributed by atoms with van der Waals surface area (Å²) in [5, 5.41) is 15.8. The Morgan fingerprint density at radius 2 is 1.76 bits per heavy atom. The zero-order chi connectivity index (χ0) is 26.9. The number of halogens is 2. The highest BCUT2D eigenvalue weighted by molar-refractivity contribution is 7.90. The third-order valence-electron chi connectivity index (χ3n) is 8.34. The fraction of sp³-hybridized carbons (Fsp3) is 0.370. The smallest absolute Gasteiger partial charge is 0.199 e. The number of aromatic nitrogens is 6. The summed E-state index contributed by atoms with van der Waals surface area (Å²) in [6.45, 7) is 5.93. The van der Waals surface area contributed by atoms with E-state index in [-0.39, 0.29) is 39.9 Å². The first-order valence-electron chi connectivity index (χ1n) is 12.5. The lowest BCUT2D eigenvalue weighted by Crippen LogP contribution is -2.37. The third-order valence-corrected chi connectivity index (χ3v) is 9.94. The number of hydrogen-bond donors (Lipinski definition) is 1. The van der Waals surface area contributed by atoms with Crippen molar-refractivity contribution >= 4 is 9.84 Å². The Labute approximate surface area is 218 Å². The summed E-state index contributed by atoms with van der Waals surface area (Å²) in [4.78, 5) is 9.32. The van der Waals surface area contributed by atoms with E-state index in [4.69, 9.17) is 4.98 Å². The van der Waals surface area contributed by atoms with E-state index in [1.54, 1.807) is 19.1 Å². The van der Waals surface area contributed by atoms with Crippen molar-refractivity contribution in [1.29, 1.82) is 0 Å². The number of nitrogens with one attached hydrogen (secondary N) is 1. The molecule has 0 aliphatic heterocycles. The largest absolute Gasteiger partial charge is 0.262 e. The van der Waals surface area contributed by atoms with Gasteiger partial charge in [-0.2, -0.15) is 10.2 Å². The summed E-state index contributed by atoms with van der Waals surface area (Å²) in [5.74, 6) is -0.873. The van der Waals surface area contributed by atoms with Gasteiger partial charge in [-0.05, 0) is 60.1 Å². The molecule has 3 heterocycles. The molecule has 2 aliphatic carbocycles. The number of benzene rings is 1. The number of H-pyrrole nitrogens is 1. The predicted octanol–water partition coefficient (Wildman–Crippen LogP) is 4.74. The van der Waals surface area contributed by atoms with E-state index >= 15 is 0 Å². The molecule has 0 amide bonds. The van der Waals surface area contributed by atoms with Crippen LogP contribution < -0.4 is 0 Å². The van der Waals surface area contributed by atoms with Gasteiger partial charge in [0.2, 0.25) is 0 Å². The Balaban J connectivity index is 1.43. The van der Waals surface area contributed by atoms with Crippen LogP contribution in [0.5, 0.6) is 0 Å². The standard InChI is InChI=1S/C27H26F2N6O2S/c1-4-38(36,37)14-22-31-25(35-33-22)19-9-6-10-21(30-19)27-12-11-16(26(27,2)3)15-13-20(32-34-24(15)27)23-17(28)7-5-8-18(23)29/h5-10,13,16H,4,11-12,14H2,1-3H3,(H,31,33,35)/t16-,27+/m0/s1. The van der Waals surface area contributed by atoms with Crippen molar-refractivity contribution in [2.24, 2.45) is 5.41 Å². The second kappa shape index (κ2) is 8.45. The van der Waals surface area contributed by atoms with Crippen molar-refractivity contribution < 1.29 is 17.2 Å². The molecule has 1 fully saturated rings. The number of sulfone groups is 1. The van der Waals surface area contributed by atoms with Gasteiger partial charge in [0, 0.05) is 5.75 Å². The maximum absolute atomic E-state index is 14.5. The quantitative estimate of drug-likeness (QED) is 0.379. The lowest BCUT2D eigenvalue weighted by molar-refractivity contribution is 0.243. The van der Waals surface area contributed by atoms with Gasteiger partial charge in [-0.25, -0.2) is 27.2 Å². The van der Waals surface area contributed by atoms with E-state index in [9.17, 15) is 17.2 Å². The first-order valence-corrected chi connectivity index (χ1v) is 14.3. The van der Waals surface area contributed by atoms with Crippen molar-refractivity contribution in [1.82, 2.24) is 30.4 Å². The zero-order valence-electron chi connectivity index (χ0n) is 21.2. The highest BCUT2D eigenvalue weighted by Gasteiger charge is 2.65. The van der Waals surface area contributed by atoms with Gasteiger partial charge in [0.25, 0.3) is 0 Å². The van der Waals surface area contributed by atoms with Crippen LogP contribution in [-0.2, 0) is 21.0 Å². The van der Waals surface area contributed by atoms with Crippen LogP contribution in [0, 0.1) is 17.0 Å². The number of nitrogens with zero attached hydrogens (tertiary/aromatic N) is 5. The molecule has 4 aromatic rings. The first kappa shape index (κ1) is 24.7. The highest BCUT2D eigenvalue weighted by atomic mass is 32.2. The summed E-state index contributed by atoms with van der Waals surface area (Å²) in [7, 11) is -3.27. The molecule has 11 heteroatoms. The van der Waals surface area contributed by atoms with Gasteiger partial charge in [-0.15, -0.1) is 5.10 Å². The molecule has 38 heavy (non-hydrogen) atoms. The van der Waals surface area contributed by atoms with Crippen LogP contribution in [0.25, 0.3) is 22.8 Å². The summed E-state index contributed by atoms with van der Waals surface area (Å²) >= 11 is 0. The van der Waals surface area contributed by atoms with E-state index in [0.717, 1.165) is 29.8 Å². The molecule has 1 aromatic carbocycles. The van der Waals surface area contributed by atoms with Crippen LogP contribution in [0.3, 0.4) is 0 Å². The molecule has 0 radical (unpaired) electrons. The lowest BCUT2D eigenvalue weighted by Gasteiger charge is -2.37. The summed E-state index contributed by atoms with van der Waals surface area (Å²) in [5.41, 5.74) is 2.15. The Morgan fingerprint density at radius 1 is 1.03 bits per heavy atom. The molecule has 2 bridgehead atoms. The minimum atomic E-state index is -3.27. The summed E-state index contributed by atoms with van der Waals surface area (Å²) in [6.07, 6.45) is 1.67. The second-order valence-corrected chi connectivity index (χ2v) is 12.9. The van der Waals surface area contributed by atoms with Gasteiger partial charge < -0.3 is 0 Å². The van der Waals surface area contributed by atoms with Crippen LogP contribution >= 0.6 is 0 Å². The predicted molar refractivity (Wildman–Crippen MR) is 137 cm³/mol. The van der Waals surface area contributed by atoms with Gasteiger partial charge in [0.15, 0.2) is 15.7 Å². The fourth-order valence-corrected chi connectivity index (χ4v) is 7.09. The van der Waals surface area contributed by atoms with Crippen molar-refractivity contribution in [2.45, 2.75) is 50.7 Å². The molecule has 3 aromatic heterocycles. The monoisotopic (exact) mass is 536 g/mol. The van der Waals surface area contributed by atoms with E-state index in [0.29, 0.717) is 11.5 Å². The van der Waals surface area contributed by atoms with Crippen LogP contribution in [0.15, 0.2) is 42.5 Å². The summed E-state index contributed by atoms with van der Waals surface area (Å²) < 4.78 is 53.1. The molecule has 2 atom stereocenters. The topological polar surface area (TPSA) is 114 Å². The maximum atomic E-state index is 14.5. The maximum Gasteiger partial charge on any atom is 0.199 e. The fourth-order valence-electron chi connectivity index (χ4n) is 6.34. The van der Waals surface area contributed by atoms with Gasteiger partial charge in [0.05, 0.1) is 28.1 Å². The van der Waals surface area contributed by atoms with E-state index in [1.807, 2.05) is 12.1 Å². The molecule has 2 aliphatic rings. The first-order chi connectivity index (χ1) is 18.1. The SMILES string of the molecule is CCS(=O)(=O)Cc1nc(-c2cccc([C@]34CC[C@@H](c5cc(-c6c(F)cccc6F)nnc53)C4(C)C)n2)n[nH]1. The molecular weight excluding hydrogens is 510 g/mol. The Bertz CT molecular complexity index is 1670. The van der Waals surface area contributed by atoms with Crippen molar-refractivity contribution in [3.63, 3.8) is 0 Å². The van der Waals surface area contributed by atoms with Crippen molar-refractivity contribution in [3.05, 3.63) is 76.9 Å². The molecule has 1 saturated carbocycles. The molecule has 0 spiro atoms. The molecule has 196 valence electrons. The minimum Gasteiger partial charge on any atom is -0.262 e. The number of hydrogen-bond acceptors (Lipinski definition) is 7. The zero-order valence-corrected chi connectivity index (χ0v) is 22.0. The molecular formula is C27H26F2N6O2S. The normalized spacial score (nSPS) is 21.6. The Morgan fingerprint density at radius 3 is 2.50 bits per heavy atom. The van der Waals surface area contributed by atoms with E-state index in [2.05, 4.69) is 39.2 Å². The van der Waals surface area contributed by atoms with E-state index < -0.39 is 26.9 Å². The van der Waals surface area contributed by atoms with Crippen LogP contribution in [0.1, 0.15) is 62.3 Å². The number of aromatic amines is 1. The van der Waals surface area contributed by atoms with Crippen molar-refractivity contribution in [2.75, 3.05) is 5.75 Å². The molecule has 0 saturated heterocycles. The van der Waals surface area contributed by atoms with Crippen LogP contribution in [0.2, 0.25) is 0 Å². The second-order valence-electron chi connectivity index (χ2n) is 10.5. The average Bonchev–Trinajstić information content (AvgIpc) is 3.51. The van der Waals surface area contributed by atoms with Crippen LogP contribution in [-0.4, -0.2) is 44.5 Å². The van der Waals surface area contributed by atoms with Gasteiger partial charge in [0.1, 0.15) is 28.9 Å². The van der Waals surface area contributed by atoms with Crippen LogP contribution in [0.4, 0.5) is 8.78 Å². The summed E-state index contributed by atoms with van der Waals surface area (Å²) in [6, 6.07) is 11.1. The number of fused-ring (bicyclic) bond motifs is 5. The Hall–Kier alpha value is -3.60. The van der Waals surface area contributed by atoms with Gasteiger partial charge in [-0.3, -0.25) is 5.10 Å².